The van der Waals surface area contributed by atoms with E-state index in [4.69, 9.17) is 9.47 Å². The number of nitro groups is 1. The fourth-order valence-electron chi connectivity index (χ4n) is 2.50. The third-order valence-corrected chi connectivity index (χ3v) is 3.63. The van der Waals surface area contributed by atoms with Gasteiger partial charge in [0.1, 0.15) is 0 Å². The van der Waals surface area contributed by atoms with Gasteiger partial charge in [0.05, 0.1) is 25.2 Å². The van der Waals surface area contributed by atoms with Gasteiger partial charge in [0.15, 0.2) is 11.5 Å². The number of nitrogens with one attached hydrogen (secondary N) is 1. The maximum Gasteiger partial charge on any atom is 0.276 e. The summed E-state index contributed by atoms with van der Waals surface area (Å²) in [6.07, 6.45) is 2.47. The highest BCUT2D eigenvalue weighted by Gasteiger charge is 2.23. The van der Waals surface area contributed by atoms with Gasteiger partial charge in [-0.2, -0.15) is 0 Å². The molecule has 1 atom stereocenters. The highest BCUT2D eigenvalue weighted by Crippen LogP contribution is 2.35. The van der Waals surface area contributed by atoms with Crippen molar-refractivity contribution >= 4 is 11.6 Å². The van der Waals surface area contributed by atoms with Crippen molar-refractivity contribution in [3.05, 3.63) is 27.8 Å². The van der Waals surface area contributed by atoms with E-state index in [-0.39, 0.29) is 17.6 Å². The summed E-state index contributed by atoms with van der Waals surface area (Å²) in [5.74, 6) is 0.845. The molecule has 0 bridgehead atoms. The maximum absolute atomic E-state index is 11.2. The van der Waals surface area contributed by atoms with Crippen molar-refractivity contribution in [1.29, 1.82) is 0 Å². The number of nitro benzene ring substituents is 1. The van der Waals surface area contributed by atoms with Gasteiger partial charge in [-0.3, -0.25) is 14.9 Å². The van der Waals surface area contributed by atoms with Gasteiger partial charge in [-0.05, 0) is 25.3 Å². The molecule has 1 aromatic carbocycles. The van der Waals surface area contributed by atoms with Crippen molar-refractivity contribution in [2.45, 2.75) is 31.7 Å². The first-order chi connectivity index (χ1) is 10.0. The number of ether oxygens (including phenoxy) is 2. The number of methoxy groups -OCH3 is 2. The first-order valence-electron chi connectivity index (χ1n) is 6.73. The third kappa shape index (κ3) is 3.42. The lowest BCUT2D eigenvalue weighted by molar-refractivity contribution is -0.385. The summed E-state index contributed by atoms with van der Waals surface area (Å²) in [7, 11) is 2.93. The summed E-state index contributed by atoms with van der Waals surface area (Å²) in [5, 5.41) is 14.0. The minimum atomic E-state index is -0.426. The molecule has 1 aliphatic rings. The van der Waals surface area contributed by atoms with Crippen LogP contribution in [-0.2, 0) is 11.2 Å². The van der Waals surface area contributed by atoms with Crippen LogP contribution in [0.4, 0.5) is 5.69 Å². The molecule has 0 unspecified atom stereocenters. The minimum Gasteiger partial charge on any atom is -0.493 e. The number of carbonyl (C=O) groups excluding carboxylic acids is 1. The first kappa shape index (κ1) is 15.1. The summed E-state index contributed by atoms with van der Waals surface area (Å²) >= 11 is 0. The van der Waals surface area contributed by atoms with Gasteiger partial charge < -0.3 is 14.8 Å². The molecule has 1 heterocycles. The molecular formula is C14H18N2O5. The van der Waals surface area contributed by atoms with Crippen molar-refractivity contribution in [3.63, 3.8) is 0 Å². The second-order valence-electron chi connectivity index (χ2n) is 4.93. The Bertz CT molecular complexity index is 559. The van der Waals surface area contributed by atoms with E-state index >= 15 is 0 Å². The minimum absolute atomic E-state index is 0.0111. The van der Waals surface area contributed by atoms with Gasteiger partial charge in [-0.25, -0.2) is 0 Å². The van der Waals surface area contributed by atoms with Crippen LogP contribution in [0.15, 0.2) is 12.1 Å². The lowest BCUT2D eigenvalue weighted by atomic mass is 10.0. The van der Waals surface area contributed by atoms with E-state index in [1.807, 2.05) is 0 Å². The van der Waals surface area contributed by atoms with E-state index < -0.39 is 4.92 Å². The molecule has 1 fully saturated rings. The molecule has 1 amide bonds. The smallest absolute Gasteiger partial charge is 0.276 e. The van der Waals surface area contributed by atoms with Gasteiger partial charge in [0.25, 0.3) is 5.69 Å². The van der Waals surface area contributed by atoms with Crippen molar-refractivity contribution in [2.75, 3.05) is 14.2 Å². The Morgan fingerprint density at radius 1 is 1.33 bits per heavy atom. The van der Waals surface area contributed by atoms with Crippen molar-refractivity contribution in [3.8, 4) is 11.5 Å². The van der Waals surface area contributed by atoms with E-state index in [2.05, 4.69) is 5.32 Å². The van der Waals surface area contributed by atoms with Crippen LogP contribution in [0.2, 0.25) is 0 Å². The van der Waals surface area contributed by atoms with Crippen molar-refractivity contribution in [2.24, 2.45) is 0 Å². The quantitative estimate of drug-likeness (QED) is 0.638. The highest BCUT2D eigenvalue weighted by atomic mass is 16.6. The number of benzene rings is 1. The average molecular weight is 294 g/mol. The van der Waals surface area contributed by atoms with Crippen LogP contribution in [0.3, 0.4) is 0 Å². The molecule has 7 heteroatoms. The SMILES string of the molecule is COc1cc(CC[C@@H]2CCC(=O)N2)c([N+](=O)[O-])cc1OC. The third-order valence-electron chi connectivity index (χ3n) is 3.63. The Labute approximate surface area is 122 Å². The van der Waals surface area contributed by atoms with Gasteiger partial charge in [-0.1, -0.05) is 0 Å². The van der Waals surface area contributed by atoms with Crippen molar-refractivity contribution in [1.82, 2.24) is 5.32 Å². The van der Waals surface area contributed by atoms with Gasteiger partial charge in [0, 0.05) is 18.0 Å². The van der Waals surface area contributed by atoms with E-state index in [9.17, 15) is 14.9 Å². The number of aryl methyl sites for hydroxylation is 1. The van der Waals surface area contributed by atoms with Gasteiger partial charge in [0.2, 0.25) is 5.91 Å². The molecule has 0 radical (unpaired) electrons. The fraction of sp³-hybridized carbons (Fsp3) is 0.500. The summed E-state index contributed by atoms with van der Waals surface area (Å²) in [4.78, 5) is 21.9. The Kier molecular flexibility index (Phi) is 4.62. The van der Waals surface area contributed by atoms with Crippen LogP contribution >= 0.6 is 0 Å². The molecule has 1 saturated heterocycles. The normalized spacial score (nSPS) is 17.4. The molecule has 0 aliphatic carbocycles. The molecule has 0 aromatic heterocycles. The van der Waals surface area contributed by atoms with Crippen LogP contribution in [0, 0.1) is 10.1 Å². The predicted octanol–water partition coefficient (Wildman–Crippen LogP) is 1.82. The molecule has 1 aromatic rings. The van der Waals surface area contributed by atoms with Crippen molar-refractivity contribution < 1.29 is 19.2 Å². The van der Waals surface area contributed by atoms with Crippen LogP contribution in [0.25, 0.3) is 0 Å². The maximum atomic E-state index is 11.2. The molecule has 0 saturated carbocycles. The number of nitrogens with zero attached hydrogens (tertiary/aromatic N) is 1. The number of amides is 1. The molecule has 1 N–H and O–H groups in total. The lowest BCUT2D eigenvalue weighted by Gasteiger charge is -2.12. The summed E-state index contributed by atoms with van der Waals surface area (Å²) in [5.41, 5.74) is 0.593. The Hall–Kier alpha value is -2.31. The Balaban J connectivity index is 2.20. The molecule has 114 valence electrons. The molecule has 2 rings (SSSR count). The van der Waals surface area contributed by atoms with Crippen LogP contribution in [0.1, 0.15) is 24.8 Å². The summed E-state index contributed by atoms with van der Waals surface area (Å²) in [6, 6.07) is 3.10. The largest absolute Gasteiger partial charge is 0.493 e. The van der Waals surface area contributed by atoms with E-state index in [1.54, 1.807) is 6.07 Å². The lowest BCUT2D eigenvalue weighted by Crippen LogP contribution is -2.25. The first-order valence-corrected chi connectivity index (χ1v) is 6.73. The van der Waals surface area contributed by atoms with Gasteiger partial charge >= 0.3 is 0 Å². The molecular weight excluding hydrogens is 276 g/mol. The topological polar surface area (TPSA) is 90.7 Å². The van der Waals surface area contributed by atoms with Crippen LogP contribution in [0.5, 0.6) is 11.5 Å². The number of hydrogen-bond donors (Lipinski definition) is 1. The number of rotatable bonds is 6. The Morgan fingerprint density at radius 3 is 2.52 bits per heavy atom. The summed E-state index contributed by atoms with van der Waals surface area (Å²) < 4.78 is 10.3. The second kappa shape index (κ2) is 6.43. The molecule has 7 nitrogen and oxygen atoms in total. The van der Waals surface area contributed by atoms with Gasteiger partial charge in [-0.15, -0.1) is 0 Å². The summed E-state index contributed by atoms with van der Waals surface area (Å²) in [6.45, 7) is 0. The molecule has 1 aliphatic heterocycles. The van der Waals surface area contributed by atoms with E-state index in [1.165, 1.54) is 20.3 Å². The zero-order valence-electron chi connectivity index (χ0n) is 12.0. The van der Waals surface area contributed by atoms with E-state index in [0.717, 1.165) is 6.42 Å². The molecule has 0 spiro atoms. The zero-order valence-corrected chi connectivity index (χ0v) is 12.0. The van der Waals surface area contributed by atoms with Crippen LogP contribution in [-0.4, -0.2) is 31.1 Å². The van der Waals surface area contributed by atoms with E-state index in [0.29, 0.717) is 36.3 Å². The predicted molar refractivity (Wildman–Crippen MR) is 75.7 cm³/mol. The standard InChI is InChI=1S/C14H18N2O5/c1-20-12-7-9(3-4-10-5-6-14(17)15-10)11(16(18)19)8-13(12)21-2/h7-8,10H,3-6H2,1-2H3,(H,15,17)/t10-/m1/s1. The Morgan fingerprint density at radius 2 is 2.00 bits per heavy atom. The van der Waals surface area contributed by atoms with Crippen LogP contribution < -0.4 is 14.8 Å². The number of hydrogen-bond acceptors (Lipinski definition) is 5. The fourth-order valence-corrected chi connectivity index (χ4v) is 2.50. The number of carbonyl (C=O) groups is 1. The zero-order chi connectivity index (χ0) is 15.4. The second-order valence-corrected chi connectivity index (χ2v) is 4.93. The molecule has 21 heavy (non-hydrogen) atoms. The highest BCUT2D eigenvalue weighted by molar-refractivity contribution is 5.78. The monoisotopic (exact) mass is 294 g/mol. The average Bonchev–Trinajstić information content (AvgIpc) is 2.89.